The molecular weight excluding hydrogens is 461 g/mol. The fraction of sp³-hybridized carbons (Fsp3) is 0.654. The van der Waals surface area contributed by atoms with E-state index in [0.29, 0.717) is 61.4 Å². The predicted molar refractivity (Wildman–Crippen MR) is 131 cm³/mol. The molecule has 9 nitrogen and oxygen atoms in total. The minimum absolute atomic E-state index is 0.205. The molecule has 2 atom stereocenters. The van der Waals surface area contributed by atoms with Gasteiger partial charge in [-0.25, -0.2) is 9.18 Å². The van der Waals surface area contributed by atoms with Crippen molar-refractivity contribution in [2.45, 2.75) is 82.3 Å². The molecule has 1 saturated carbocycles. The summed E-state index contributed by atoms with van der Waals surface area (Å²) in [6, 6.07) is 4.16. The number of nitriles is 1. The molecule has 10 heteroatoms. The van der Waals surface area contributed by atoms with Crippen LogP contribution in [0.1, 0.15) is 87.7 Å². The maximum atomic E-state index is 13.4. The number of rotatable bonds is 5. The van der Waals surface area contributed by atoms with Crippen LogP contribution < -0.4 is 5.32 Å². The zero-order chi connectivity index (χ0) is 25.4. The van der Waals surface area contributed by atoms with Gasteiger partial charge >= 0.3 is 6.03 Å². The van der Waals surface area contributed by atoms with E-state index in [0.717, 1.165) is 31.6 Å². The summed E-state index contributed by atoms with van der Waals surface area (Å²) < 4.78 is 18.7. The third-order valence-corrected chi connectivity index (χ3v) is 8.14. The molecule has 2 amide bonds. The van der Waals surface area contributed by atoms with Crippen LogP contribution in [0.4, 0.5) is 14.9 Å². The number of anilines is 1. The van der Waals surface area contributed by atoms with Gasteiger partial charge in [0.05, 0.1) is 22.9 Å². The van der Waals surface area contributed by atoms with Crippen molar-refractivity contribution in [1.29, 1.82) is 5.26 Å². The van der Waals surface area contributed by atoms with Crippen LogP contribution >= 0.6 is 0 Å². The van der Waals surface area contributed by atoms with Gasteiger partial charge in [-0.1, -0.05) is 12.1 Å². The largest absolute Gasteiger partial charge is 0.339 e. The molecule has 4 heterocycles. The number of aromatic nitrogens is 3. The topological polar surface area (TPSA) is 111 Å². The van der Waals surface area contributed by atoms with E-state index in [9.17, 15) is 14.4 Å². The summed E-state index contributed by atoms with van der Waals surface area (Å²) in [6.07, 6.45) is 4.46. The van der Waals surface area contributed by atoms with Gasteiger partial charge in [0.15, 0.2) is 5.82 Å². The van der Waals surface area contributed by atoms with Crippen LogP contribution in [0.15, 0.2) is 16.8 Å². The summed E-state index contributed by atoms with van der Waals surface area (Å²) in [5.41, 5.74) is 1.44. The van der Waals surface area contributed by atoms with Crippen molar-refractivity contribution in [3.8, 4) is 6.07 Å². The number of hydrogen-bond donors (Lipinski definition) is 1. The highest BCUT2D eigenvalue weighted by Gasteiger charge is 2.45. The monoisotopic (exact) mass is 495 g/mol. The molecule has 2 aromatic rings. The second kappa shape index (κ2) is 9.77. The molecule has 3 aliphatic rings. The standard InChI is InChI=1S/C26H34FN7O2/c1-16(2)33-10-5-17(6-11-33)21-22(18(15-28)4-9-29-21)30-25(35)34-12-7-26(3,8-13-34)24-31-23(36-32-24)19-14-20(19)27/h4,9,16-17,19-20H,5-8,10-14H2,1-3H3,(H,30,35)/t19-,20+/m1/s1. The van der Waals surface area contributed by atoms with Crippen molar-refractivity contribution in [2.75, 3.05) is 31.5 Å². The fourth-order valence-corrected chi connectivity index (χ4v) is 5.36. The van der Waals surface area contributed by atoms with Crippen molar-refractivity contribution in [3.63, 3.8) is 0 Å². The zero-order valence-electron chi connectivity index (χ0n) is 21.2. The van der Waals surface area contributed by atoms with Crippen molar-refractivity contribution in [2.24, 2.45) is 0 Å². The van der Waals surface area contributed by atoms with Gasteiger partial charge in [0.1, 0.15) is 12.2 Å². The Kier molecular flexibility index (Phi) is 6.68. The molecule has 192 valence electrons. The summed E-state index contributed by atoms with van der Waals surface area (Å²) in [7, 11) is 0. The number of piperidine rings is 2. The van der Waals surface area contributed by atoms with E-state index >= 15 is 0 Å². The second-order valence-electron chi connectivity index (χ2n) is 10.9. The molecule has 5 rings (SSSR count). The number of urea groups is 1. The van der Waals surface area contributed by atoms with Crippen LogP contribution in [0, 0.1) is 11.3 Å². The van der Waals surface area contributed by atoms with E-state index in [1.54, 1.807) is 17.2 Å². The Hall–Kier alpha value is -3.06. The van der Waals surface area contributed by atoms with Crippen molar-refractivity contribution in [3.05, 3.63) is 35.2 Å². The molecule has 36 heavy (non-hydrogen) atoms. The zero-order valence-corrected chi connectivity index (χ0v) is 21.2. The third kappa shape index (κ3) is 4.81. The predicted octanol–water partition coefficient (Wildman–Crippen LogP) is 4.34. The summed E-state index contributed by atoms with van der Waals surface area (Å²) in [5, 5.41) is 16.9. The van der Waals surface area contributed by atoms with E-state index < -0.39 is 6.17 Å². The quantitative estimate of drug-likeness (QED) is 0.657. The van der Waals surface area contributed by atoms with Crippen LogP contribution in [-0.4, -0.2) is 69.3 Å². The molecule has 2 aliphatic heterocycles. The number of alkyl halides is 1. The van der Waals surface area contributed by atoms with Gasteiger partial charge in [-0.2, -0.15) is 10.2 Å². The first-order valence-electron chi connectivity index (χ1n) is 13.0. The molecule has 1 N–H and O–H groups in total. The van der Waals surface area contributed by atoms with E-state index in [1.807, 2.05) is 0 Å². The maximum absolute atomic E-state index is 13.4. The number of nitrogens with one attached hydrogen (secondary N) is 1. The minimum Gasteiger partial charge on any atom is -0.339 e. The smallest absolute Gasteiger partial charge is 0.321 e. The highest BCUT2D eigenvalue weighted by molar-refractivity contribution is 5.91. The van der Waals surface area contributed by atoms with E-state index in [-0.39, 0.29) is 23.3 Å². The Morgan fingerprint density at radius 2 is 1.97 bits per heavy atom. The van der Waals surface area contributed by atoms with Crippen LogP contribution in [0.5, 0.6) is 0 Å². The molecule has 0 radical (unpaired) electrons. The molecule has 0 bridgehead atoms. The number of nitrogens with zero attached hydrogens (tertiary/aromatic N) is 6. The van der Waals surface area contributed by atoms with Crippen molar-refractivity contribution < 1.29 is 13.7 Å². The van der Waals surface area contributed by atoms with Gasteiger partial charge in [0, 0.05) is 36.7 Å². The fourth-order valence-electron chi connectivity index (χ4n) is 5.36. The molecule has 2 saturated heterocycles. The van der Waals surface area contributed by atoms with Gasteiger partial charge in [-0.3, -0.25) is 4.98 Å². The summed E-state index contributed by atoms with van der Waals surface area (Å²) in [5.74, 6) is 0.911. The normalized spacial score (nSPS) is 24.5. The molecule has 0 unspecified atom stereocenters. The molecule has 1 aliphatic carbocycles. The van der Waals surface area contributed by atoms with E-state index in [2.05, 4.69) is 52.2 Å². The first-order valence-corrected chi connectivity index (χ1v) is 13.0. The third-order valence-electron chi connectivity index (χ3n) is 8.14. The lowest BCUT2D eigenvalue weighted by Gasteiger charge is -2.37. The van der Waals surface area contributed by atoms with Gasteiger partial charge in [-0.15, -0.1) is 0 Å². The lowest BCUT2D eigenvalue weighted by Crippen LogP contribution is -2.46. The number of amides is 2. The number of carbonyl (C=O) groups excluding carboxylic acids is 1. The number of carbonyl (C=O) groups is 1. The molecule has 3 fully saturated rings. The highest BCUT2D eigenvalue weighted by Crippen LogP contribution is 2.44. The van der Waals surface area contributed by atoms with Crippen LogP contribution in [0.25, 0.3) is 0 Å². The first-order chi connectivity index (χ1) is 17.3. The summed E-state index contributed by atoms with van der Waals surface area (Å²) >= 11 is 0. The van der Waals surface area contributed by atoms with Crippen LogP contribution in [-0.2, 0) is 5.41 Å². The molecule has 2 aromatic heterocycles. The number of halogens is 1. The Bertz CT molecular complexity index is 1140. The van der Waals surface area contributed by atoms with Gasteiger partial charge in [-0.05, 0) is 65.1 Å². The van der Waals surface area contributed by atoms with Crippen molar-refractivity contribution in [1.82, 2.24) is 24.9 Å². The Balaban J connectivity index is 1.25. The molecule has 0 spiro atoms. The Morgan fingerprint density at radius 1 is 1.28 bits per heavy atom. The van der Waals surface area contributed by atoms with E-state index in [1.165, 1.54) is 0 Å². The molecule has 0 aromatic carbocycles. The number of likely N-dealkylation sites (tertiary alicyclic amines) is 2. The maximum Gasteiger partial charge on any atom is 0.321 e. The molecular formula is C26H34FN7O2. The Labute approximate surface area is 211 Å². The Morgan fingerprint density at radius 3 is 2.58 bits per heavy atom. The lowest BCUT2D eigenvalue weighted by molar-refractivity contribution is 0.168. The van der Waals surface area contributed by atoms with Crippen LogP contribution in [0.3, 0.4) is 0 Å². The van der Waals surface area contributed by atoms with Crippen LogP contribution in [0.2, 0.25) is 0 Å². The number of pyridine rings is 1. The first kappa shape index (κ1) is 24.6. The summed E-state index contributed by atoms with van der Waals surface area (Å²) in [6.45, 7) is 9.46. The van der Waals surface area contributed by atoms with Gasteiger partial charge in [0.25, 0.3) is 0 Å². The highest BCUT2D eigenvalue weighted by atomic mass is 19.1. The SMILES string of the molecule is CC(C)N1CCC(c2nccc(C#N)c2NC(=O)N2CCC(C)(c3noc([C@@H]4C[C@@H]4F)n3)CC2)CC1. The van der Waals surface area contributed by atoms with E-state index in [4.69, 9.17) is 4.52 Å². The summed E-state index contributed by atoms with van der Waals surface area (Å²) in [4.78, 5) is 26.6. The average Bonchev–Trinajstić information content (AvgIpc) is 3.39. The number of hydrogen-bond acceptors (Lipinski definition) is 7. The van der Waals surface area contributed by atoms with Crippen molar-refractivity contribution >= 4 is 11.7 Å². The minimum atomic E-state index is -0.880. The second-order valence-corrected chi connectivity index (χ2v) is 10.9. The van der Waals surface area contributed by atoms with Gasteiger partial charge < -0.3 is 19.6 Å². The lowest BCUT2D eigenvalue weighted by atomic mass is 9.80. The average molecular weight is 496 g/mol. The van der Waals surface area contributed by atoms with Gasteiger partial charge in [0.2, 0.25) is 5.89 Å².